The Balaban J connectivity index is 1.21. The monoisotopic (exact) mass is 702 g/mol. The molecule has 0 spiro atoms. The molecule has 10 rings (SSSR count). The minimum atomic E-state index is 0.625. The number of nitrogens with zero attached hydrogens (tertiary/aromatic N) is 4. The SMILES string of the molecule is c1ccc(-c2ccc3c(c2)c2cc(-c4ccccc4)ccc2n3-c2ccc(-c3nc(-c4ccccc4)nc(-c4ccccc4)n3)c(-c3ccccc3)c2)cc1. The molecule has 0 atom stereocenters. The van der Waals surface area contributed by atoms with Crippen LogP contribution in [0.2, 0.25) is 0 Å². The molecule has 8 aromatic carbocycles. The van der Waals surface area contributed by atoms with Crippen LogP contribution in [0.5, 0.6) is 0 Å². The fourth-order valence-corrected chi connectivity index (χ4v) is 7.57. The van der Waals surface area contributed by atoms with E-state index in [-0.39, 0.29) is 0 Å². The molecule has 4 nitrogen and oxygen atoms in total. The van der Waals surface area contributed by atoms with Crippen molar-refractivity contribution < 1.29 is 0 Å². The summed E-state index contributed by atoms with van der Waals surface area (Å²) in [4.78, 5) is 15.2. The van der Waals surface area contributed by atoms with E-state index in [1.807, 2.05) is 60.7 Å². The molecule has 2 aromatic heterocycles. The van der Waals surface area contributed by atoms with Crippen LogP contribution in [0.3, 0.4) is 0 Å². The fourth-order valence-electron chi connectivity index (χ4n) is 7.57. The first kappa shape index (κ1) is 32.2. The van der Waals surface area contributed by atoms with Gasteiger partial charge in [-0.15, -0.1) is 0 Å². The standard InChI is InChI=1S/C51H34N4/c1-6-16-35(17-7-1)40-26-30-47-45(32-40)46-33-41(36-18-8-2-9-19-36)27-31-48(46)55(47)42-28-29-43(44(34-42)37-20-10-3-11-21-37)51-53-49(38-22-12-4-13-23-38)52-50(54-51)39-24-14-5-15-25-39/h1-34H. The number of hydrogen-bond donors (Lipinski definition) is 0. The second kappa shape index (κ2) is 13.8. The van der Waals surface area contributed by atoms with Gasteiger partial charge in [0.2, 0.25) is 0 Å². The third-order valence-corrected chi connectivity index (χ3v) is 10.3. The summed E-state index contributed by atoms with van der Waals surface area (Å²) in [7, 11) is 0. The van der Waals surface area contributed by atoms with Crippen LogP contribution < -0.4 is 0 Å². The van der Waals surface area contributed by atoms with Crippen LogP contribution in [0.15, 0.2) is 206 Å². The first-order chi connectivity index (χ1) is 27.3. The summed E-state index contributed by atoms with van der Waals surface area (Å²) in [6, 6.07) is 72.4. The molecule has 2 heterocycles. The van der Waals surface area contributed by atoms with E-state index in [0.29, 0.717) is 17.5 Å². The van der Waals surface area contributed by atoms with E-state index >= 15 is 0 Å². The van der Waals surface area contributed by atoms with Gasteiger partial charge in [-0.3, -0.25) is 0 Å². The van der Waals surface area contributed by atoms with Crippen LogP contribution in [-0.4, -0.2) is 19.5 Å². The van der Waals surface area contributed by atoms with E-state index in [1.165, 1.54) is 33.0 Å². The highest BCUT2D eigenvalue weighted by molar-refractivity contribution is 6.11. The Hall–Kier alpha value is -7.43. The number of hydrogen-bond acceptors (Lipinski definition) is 3. The number of rotatable bonds is 7. The Morgan fingerprint density at radius 2 is 0.673 bits per heavy atom. The minimum absolute atomic E-state index is 0.625. The molecule has 0 unspecified atom stereocenters. The highest BCUT2D eigenvalue weighted by Gasteiger charge is 2.19. The fraction of sp³-hybridized carbons (Fsp3) is 0. The van der Waals surface area contributed by atoms with Crippen molar-refractivity contribution in [3.05, 3.63) is 206 Å². The summed E-state index contributed by atoms with van der Waals surface area (Å²) in [5, 5.41) is 2.41. The van der Waals surface area contributed by atoms with Crippen LogP contribution in [-0.2, 0) is 0 Å². The van der Waals surface area contributed by atoms with Gasteiger partial charge in [-0.05, 0) is 75.8 Å². The average Bonchev–Trinajstić information content (AvgIpc) is 3.60. The first-order valence-electron chi connectivity index (χ1n) is 18.5. The lowest BCUT2D eigenvalue weighted by molar-refractivity contribution is 1.07. The van der Waals surface area contributed by atoms with E-state index in [4.69, 9.17) is 15.0 Å². The van der Waals surface area contributed by atoms with Gasteiger partial charge in [0.15, 0.2) is 17.5 Å². The number of fused-ring (bicyclic) bond motifs is 3. The van der Waals surface area contributed by atoms with Crippen LogP contribution in [0.1, 0.15) is 0 Å². The summed E-state index contributed by atoms with van der Waals surface area (Å²) in [5.74, 6) is 1.90. The van der Waals surface area contributed by atoms with Crippen molar-refractivity contribution in [2.24, 2.45) is 0 Å². The van der Waals surface area contributed by atoms with Crippen molar-refractivity contribution in [3.8, 4) is 73.2 Å². The Morgan fingerprint density at radius 1 is 0.273 bits per heavy atom. The topological polar surface area (TPSA) is 43.6 Å². The molecule has 10 aromatic rings. The van der Waals surface area contributed by atoms with Crippen molar-refractivity contribution in [2.45, 2.75) is 0 Å². The zero-order valence-corrected chi connectivity index (χ0v) is 29.9. The summed E-state index contributed by atoms with van der Waals surface area (Å²) < 4.78 is 2.39. The van der Waals surface area contributed by atoms with E-state index in [9.17, 15) is 0 Å². The lowest BCUT2D eigenvalue weighted by atomic mass is 9.98. The summed E-state index contributed by atoms with van der Waals surface area (Å²) >= 11 is 0. The molecule has 0 N–H and O–H groups in total. The van der Waals surface area contributed by atoms with E-state index in [1.54, 1.807) is 0 Å². The van der Waals surface area contributed by atoms with Gasteiger partial charge in [0, 0.05) is 33.2 Å². The van der Waals surface area contributed by atoms with Gasteiger partial charge in [0.05, 0.1) is 11.0 Å². The molecule has 4 heteroatoms. The average molecular weight is 703 g/mol. The van der Waals surface area contributed by atoms with Crippen LogP contribution in [0, 0.1) is 0 Å². The maximum absolute atomic E-state index is 5.13. The molecule has 55 heavy (non-hydrogen) atoms. The molecule has 0 bridgehead atoms. The molecule has 0 saturated carbocycles. The maximum atomic E-state index is 5.13. The Bertz CT molecular complexity index is 2790. The first-order valence-corrected chi connectivity index (χ1v) is 18.5. The Kier molecular flexibility index (Phi) is 8.12. The van der Waals surface area contributed by atoms with E-state index < -0.39 is 0 Å². The molecule has 0 aliphatic heterocycles. The van der Waals surface area contributed by atoms with Crippen molar-refractivity contribution in [1.29, 1.82) is 0 Å². The van der Waals surface area contributed by atoms with Gasteiger partial charge in [0.25, 0.3) is 0 Å². The van der Waals surface area contributed by atoms with Crippen molar-refractivity contribution in [1.82, 2.24) is 19.5 Å². The van der Waals surface area contributed by atoms with Crippen molar-refractivity contribution in [2.75, 3.05) is 0 Å². The quantitative estimate of drug-likeness (QED) is 0.166. The summed E-state index contributed by atoms with van der Waals surface area (Å²) in [6.07, 6.45) is 0. The Morgan fingerprint density at radius 3 is 1.13 bits per heavy atom. The second-order valence-electron chi connectivity index (χ2n) is 13.7. The van der Waals surface area contributed by atoms with Crippen molar-refractivity contribution in [3.63, 3.8) is 0 Å². The maximum Gasteiger partial charge on any atom is 0.164 e. The van der Waals surface area contributed by atoms with E-state index in [2.05, 4.69) is 150 Å². The minimum Gasteiger partial charge on any atom is -0.309 e. The van der Waals surface area contributed by atoms with Crippen LogP contribution in [0.25, 0.3) is 95.0 Å². The highest BCUT2D eigenvalue weighted by Crippen LogP contribution is 2.40. The highest BCUT2D eigenvalue weighted by atomic mass is 15.0. The molecular formula is C51H34N4. The van der Waals surface area contributed by atoms with Gasteiger partial charge >= 0.3 is 0 Å². The molecule has 0 fully saturated rings. The zero-order chi connectivity index (χ0) is 36.6. The Labute approximate surface area is 319 Å². The predicted molar refractivity (Wildman–Crippen MR) is 227 cm³/mol. The van der Waals surface area contributed by atoms with Crippen LogP contribution in [0.4, 0.5) is 0 Å². The molecule has 0 radical (unpaired) electrons. The van der Waals surface area contributed by atoms with Gasteiger partial charge < -0.3 is 4.57 Å². The van der Waals surface area contributed by atoms with Gasteiger partial charge in [-0.1, -0.05) is 164 Å². The zero-order valence-electron chi connectivity index (χ0n) is 29.9. The van der Waals surface area contributed by atoms with Gasteiger partial charge in [0.1, 0.15) is 0 Å². The normalized spacial score (nSPS) is 11.3. The molecule has 0 aliphatic carbocycles. The summed E-state index contributed by atoms with van der Waals surface area (Å²) in [5.41, 5.74) is 13.1. The largest absolute Gasteiger partial charge is 0.309 e. The molecule has 258 valence electrons. The molecular weight excluding hydrogens is 669 g/mol. The third kappa shape index (κ3) is 6.06. The molecule has 0 aliphatic rings. The van der Waals surface area contributed by atoms with Crippen molar-refractivity contribution >= 4 is 21.8 Å². The predicted octanol–water partition coefficient (Wildman–Crippen LogP) is 13.0. The molecule has 0 saturated heterocycles. The lowest BCUT2D eigenvalue weighted by Crippen LogP contribution is -2.02. The van der Waals surface area contributed by atoms with Gasteiger partial charge in [-0.25, -0.2) is 15.0 Å². The van der Waals surface area contributed by atoms with Gasteiger partial charge in [-0.2, -0.15) is 0 Å². The smallest absolute Gasteiger partial charge is 0.164 e. The number of benzene rings is 8. The molecule has 0 amide bonds. The van der Waals surface area contributed by atoms with E-state index in [0.717, 1.165) is 44.5 Å². The third-order valence-electron chi connectivity index (χ3n) is 10.3. The number of aromatic nitrogens is 4. The summed E-state index contributed by atoms with van der Waals surface area (Å²) in [6.45, 7) is 0. The van der Waals surface area contributed by atoms with Crippen LogP contribution >= 0.6 is 0 Å². The lowest BCUT2D eigenvalue weighted by Gasteiger charge is -2.15. The second-order valence-corrected chi connectivity index (χ2v) is 13.7.